The summed E-state index contributed by atoms with van der Waals surface area (Å²) in [7, 11) is -3.75. The molecule has 2 aromatic rings. The van der Waals surface area contributed by atoms with Crippen LogP contribution in [0, 0.1) is 5.92 Å². The van der Waals surface area contributed by atoms with E-state index in [2.05, 4.69) is 4.98 Å². The van der Waals surface area contributed by atoms with Crippen LogP contribution in [-0.4, -0.2) is 42.5 Å². The zero-order valence-electron chi connectivity index (χ0n) is 13.3. The molecule has 3 rings (SSSR count). The second-order valence-electron chi connectivity index (χ2n) is 5.80. The normalized spacial score (nSPS) is 18.8. The number of Topliss-reactive ketones (excluding diaryl/α,β-unsaturated/α-hetero) is 1. The first-order valence-electron chi connectivity index (χ1n) is 7.73. The molecule has 0 aliphatic carbocycles. The maximum Gasteiger partial charge on any atom is 0.252 e. The number of hydrogen-bond acceptors (Lipinski definition) is 6. The first kappa shape index (κ1) is 17.7. The number of carbonyl (C=O) groups excluding carboxylic acids is 2. The molecular weight excluding hydrogens is 362 g/mol. The molecule has 1 aliphatic heterocycles. The summed E-state index contributed by atoms with van der Waals surface area (Å²) in [4.78, 5) is 27.8. The number of hydrogen-bond donors (Lipinski definition) is 1. The van der Waals surface area contributed by atoms with Gasteiger partial charge in [-0.3, -0.25) is 14.6 Å². The fourth-order valence-corrected chi connectivity index (χ4v) is 5.65. The van der Waals surface area contributed by atoms with Crippen molar-refractivity contribution in [2.45, 2.75) is 17.1 Å². The maximum absolute atomic E-state index is 12.8. The van der Waals surface area contributed by atoms with E-state index < -0.39 is 21.8 Å². The lowest BCUT2D eigenvalue weighted by Crippen LogP contribution is -2.42. The van der Waals surface area contributed by atoms with Gasteiger partial charge in [0.2, 0.25) is 5.91 Å². The Balaban J connectivity index is 1.80. The topological polar surface area (TPSA) is 110 Å². The number of aromatic nitrogens is 1. The van der Waals surface area contributed by atoms with Gasteiger partial charge in [-0.1, -0.05) is 6.07 Å². The van der Waals surface area contributed by atoms with Gasteiger partial charge in [0, 0.05) is 30.6 Å². The van der Waals surface area contributed by atoms with Crippen molar-refractivity contribution >= 4 is 33.1 Å². The molecule has 1 amide bonds. The lowest BCUT2D eigenvalue weighted by atomic mass is 9.93. The van der Waals surface area contributed by atoms with Gasteiger partial charge in [-0.2, -0.15) is 4.31 Å². The summed E-state index contributed by atoms with van der Waals surface area (Å²) in [5.74, 6) is -1.24. The molecule has 0 saturated carbocycles. The first-order valence-corrected chi connectivity index (χ1v) is 10.1. The van der Waals surface area contributed by atoms with E-state index >= 15 is 0 Å². The predicted molar refractivity (Wildman–Crippen MR) is 92.9 cm³/mol. The Labute approximate surface area is 149 Å². The maximum atomic E-state index is 12.8. The fourth-order valence-electron chi connectivity index (χ4n) is 2.80. The number of nitrogens with two attached hydrogens (primary N) is 1. The summed E-state index contributed by atoms with van der Waals surface area (Å²) in [6.07, 6.45) is 2.76. The Morgan fingerprint density at radius 3 is 2.76 bits per heavy atom. The summed E-state index contributed by atoms with van der Waals surface area (Å²) < 4.78 is 26.9. The first-order chi connectivity index (χ1) is 11.9. The molecule has 0 radical (unpaired) electrons. The number of thiophene rings is 1. The quantitative estimate of drug-likeness (QED) is 0.792. The van der Waals surface area contributed by atoms with Crippen LogP contribution in [0.25, 0.3) is 0 Å². The number of carbonyl (C=O) groups is 2. The van der Waals surface area contributed by atoms with Gasteiger partial charge >= 0.3 is 0 Å². The predicted octanol–water partition coefficient (Wildman–Crippen LogP) is 1.53. The molecule has 2 N–H and O–H groups in total. The largest absolute Gasteiger partial charge is 0.366 e. The summed E-state index contributed by atoms with van der Waals surface area (Å²) in [5.41, 5.74) is 5.70. The van der Waals surface area contributed by atoms with Gasteiger partial charge in [0.05, 0.1) is 5.56 Å². The average molecular weight is 379 g/mol. The van der Waals surface area contributed by atoms with Crippen molar-refractivity contribution in [2.75, 3.05) is 13.1 Å². The van der Waals surface area contributed by atoms with Crippen LogP contribution in [-0.2, 0) is 10.0 Å². The molecule has 9 heteroatoms. The SMILES string of the molecule is NC(=O)c1csc(S(=O)(=O)N2CCCC(C(=O)c3ccccn3)C2)c1. The second-order valence-corrected chi connectivity index (χ2v) is 8.88. The summed E-state index contributed by atoms with van der Waals surface area (Å²) >= 11 is 0.957. The Kier molecular flexibility index (Phi) is 4.98. The third-order valence-electron chi connectivity index (χ3n) is 4.13. The van der Waals surface area contributed by atoms with Crippen molar-refractivity contribution in [1.29, 1.82) is 0 Å². The number of sulfonamides is 1. The van der Waals surface area contributed by atoms with Gasteiger partial charge in [-0.25, -0.2) is 8.42 Å². The number of primary amides is 1. The van der Waals surface area contributed by atoms with Gasteiger partial charge in [-0.15, -0.1) is 11.3 Å². The van der Waals surface area contributed by atoms with Crippen molar-refractivity contribution in [2.24, 2.45) is 11.7 Å². The molecule has 0 bridgehead atoms. The smallest absolute Gasteiger partial charge is 0.252 e. The summed E-state index contributed by atoms with van der Waals surface area (Å²) in [6.45, 7) is 0.458. The van der Waals surface area contributed by atoms with Crippen molar-refractivity contribution in [3.05, 3.63) is 47.1 Å². The highest BCUT2D eigenvalue weighted by atomic mass is 32.2. The molecule has 1 fully saturated rings. The molecule has 1 unspecified atom stereocenters. The van der Waals surface area contributed by atoms with E-state index in [0.717, 1.165) is 11.3 Å². The van der Waals surface area contributed by atoms with Crippen LogP contribution in [0.4, 0.5) is 0 Å². The number of nitrogens with zero attached hydrogens (tertiary/aromatic N) is 2. The molecule has 1 atom stereocenters. The van der Waals surface area contributed by atoms with Gasteiger partial charge < -0.3 is 5.73 Å². The Bertz CT molecular complexity index is 893. The molecule has 2 aromatic heterocycles. The molecule has 7 nitrogen and oxygen atoms in total. The highest BCUT2D eigenvalue weighted by Gasteiger charge is 2.34. The molecule has 1 aliphatic rings. The van der Waals surface area contributed by atoms with Crippen LogP contribution in [0.2, 0.25) is 0 Å². The minimum atomic E-state index is -3.75. The number of amides is 1. The van der Waals surface area contributed by atoms with E-state index in [1.807, 2.05) is 0 Å². The fraction of sp³-hybridized carbons (Fsp3) is 0.312. The number of piperidine rings is 1. The average Bonchev–Trinajstić information content (AvgIpc) is 3.13. The zero-order valence-corrected chi connectivity index (χ0v) is 14.9. The van der Waals surface area contributed by atoms with Crippen molar-refractivity contribution in [3.8, 4) is 0 Å². The molecule has 25 heavy (non-hydrogen) atoms. The van der Waals surface area contributed by atoms with Crippen LogP contribution < -0.4 is 5.73 Å². The monoisotopic (exact) mass is 379 g/mol. The number of pyridine rings is 1. The molecule has 3 heterocycles. The van der Waals surface area contributed by atoms with E-state index in [1.54, 1.807) is 24.4 Å². The van der Waals surface area contributed by atoms with E-state index in [0.29, 0.717) is 25.1 Å². The van der Waals surface area contributed by atoms with Gasteiger partial charge in [0.25, 0.3) is 10.0 Å². The lowest BCUT2D eigenvalue weighted by Gasteiger charge is -2.30. The lowest BCUT2D eigenvalue weighted by molar-refractivity contribution is 0.0867. The second kappa shape index (κ2) is 7.03. The number of rotatable bonds is 5. The van der Waals surface area contributed by atoms with E-state index in [9.17, 15) is 18.0 Å². The third kappa shape index (κ3) is 3.63. The molecule has 132 valence electrons. The molecule has 1 saturated heterocycles. The minimum absolute atomic E-state index is 0.0623. The van der Waals surface area contributed by atoms with Crippen molar-refractivity contribution < 1.29 is 18.0 Å². The van der Waals surface area contributed by atoms with Crippen LogP contribution in [0.15, 0.2) is 40.1 Å². The molecular formula is C16H17N3O4S2. The van der Waals surface area contributed by atoms with Gasteiger partial charge in [0.1, 0.15) is 9.90 Å². The summed E-state index contributed by atoms with van der Waals surface area (Å²) in [6, 6.07) is 6.37. The highest BCUT2D eigenvalue weighted by Crippen LogP contribution is 2.29. The van der Waals surface area contributed by atoms with Crippen LogP contribution in [0.3, 0.4) is 0 Å². The Morgan fingerprint density at radius 1 is 1.32 bits per heavy atom. The van der Waals surface area contributed by atoms with Crippen molar-refractivity contribution in [1.82, 2.24) is 9.29 Å². The van der Waals surface area contributed by atoms with E-state index in [-0.39, 0.29) is 22.1 Å². The van der Waals surface area contributed by atoms with Crippen LogP contribution >= 0.6 is 11.3 Å². The highest BCUT2D eigenvalue weighted by molar-refractivity contribution is 7.91. The standard InChI is InChI=1S/C16H17N3O4S2/c17-16(21)12-8-14(24-10-12)25(22,23)19-7-3-4-11(9-19)15(20)13-5-1-2-6-18-13/h1-2,5-6,8,10-11H,3-4,7,9H2,(H2,17,21). The number of ketones is 1. The Morgan fingerprint density at radius 2 is 2.12 bits per heavy atom. The third-order valence-corrected chi connectivity index (χ3v) is 7.41. The molecule has 0 spiro atoms. The van der Waals surface area contributed by atoms with Gasteiger partial charge in [0.15, 0.2) is 5.78 Å². The summed E-state index contributed by atoms with van der Waals surface area (Å²) in [5, 5.41) is 1.43. The Hall–Kier alpha value is -2.10. The molecule has 0 aromatic carbocycles. The minimum Gasteiger partial charge on any atom is -0.366 e. The van der Waals surface area contributed by atoms with Gasteiger partial charge in [-0.05, 0) is 31.0 Å². The van der Waals surface area contributed by atoms with Crippen molar-refractivity contribution in [3.63, 3.8) is 0 Å². The van der Waals surface area contributed by atoms with E-state index in [4.69, 9.17) is 5.73 Å². The van der Waals surface area contributed by atoms with E-state index in [1.165, 1.54) is 15.8 Å². The zero-order chi connectivity index (χ0) is 18.0. The van der Waals surface area contributed by atoms with Crippen LogP contribution in [0.5, 0.6) is 0 Å². The van der Waals surface area contributed by atoms with Crippen LogP contribution in [0.1, 0.15) is 33.7 Å².